The second kappa shape index (κ2) is 5.52. The Morgan fingerprint density at radius 3 is 2.60 bits per heavy atom. The van der Waals surface area contributed by atoms with Gasteiger partial charge in [-0.25, -0.2) is 0 Å². The normalized spacial score (nSPS) is 21.9. The van der Waals surface area contributed by atoms with Gasteiger partial charge in [-0.3, -0.25) is 0 Å². The van der Waals surface area contributed by atoms with E-state index in [4.69, 9.17) is 5.73 Å². The Hall–Kier alpha value is -1.43. The quantitative estimate of drug-likeness (QED) is 0.806. The molecule has 6 heteroatoms. The molecule has 1 heterocycles. The van der Waals surface area contributed by atoms with Crippen LogP contribution in [0.2, 0.25) is 0 Å². The van der Waals surface area contributed by atoms with Crippen LogP contribution in [-0.4, -0.2) is 37.6 Å². The molecule has 0 aromatic heterocycles. The summed E-state index contributed by atoms with van der Waals surface area (Å²) in [6.07, 6.45) is -3.54. The highest BCUT2D eigenvalue weighted by Gasteiger charge is 2.36. The van der Waals surface area contributed by atoms with Gasteiger partial charge < -0.3 is 15.5 Å². The highest BCUT2D eigenvalue weighted by Crippen LogP contribution is 2.38. The van der Waals surface area contributed by atoms with Crippen molar-refractivity contribution < 1.29 is 13.2 Å². The number of anilines is 2. The van der Waals surface area contributed by atoms with E-state index in [0.717, 1.165) is 25.6 Å². The van der Waals surface area contributed by atoms with Crippen LogP contribution in [-0.2, 0) is 6.18 Å². The number of nitrogens with zero attached hydrogens (tertiary/aromatic N) is 2. The number of halogens is 3. The summed E-state index contributed by atoms with van der Waals surface area (Å²) in [6, 6.07) is 4.08. The maximum Gasteiger partial charge on any atom is 0.418 e. The molecular formula is C14H20F3N3. The van der Waals surface area contributed by atoms with Crippen LogP contribution in [0.15, 0.2) is 18.2 Å². The summed E-state index contributed by atoms with van der Waals surface area (Å²) >= 11 is 0. The highest BCUT2D eigenvalue weighted by molar-refractivity contribution is 5.61. The van der Waals surface area contributed by atoms with Crippen LogP contribution < -0.4 is 10.6 Å². The number of likely N-dealkylation sites (N-methyl/N-ethyl adjacent to an activating group) is 1. The molecule has 0 amide bonds. The summed E-state index contributed by atoms with van der Waals surface area (Å²) in [4.78, 5) is 3.99. The number of rotatable bonds is 1. The first-order valence-corrected chi connectivity index (χ1v) is 6.71. The van der Waals surface area contributed by atoms with E-state index < -0.39 is 11.7 Å². The van der Waals surface area contributed by atoms with Gasteiger partial charge >= 0.3 is 6.18 Å². The van der Waals surface area contributed by atoms with E-state index in [9.17, 15) is 13.2 Å². The Balaban J connectivity index is 2.41. The fourth-order valence-corrected chi connectivity index (χ4v) is 2.76. The van der Waals surface area contributed by atoms with Gasteiger partial charge in [-0.05, 0) is 45.1 Å². The zero-order chi connectivity index (χ0) is 14.9. The SMILES string of the molecule is CC1CN(C)CCCN1c1ccc(N)cc1C(F)(F)F. The van der Waals surface area contributed by atoms with Crippen LogP contribution in [0.1, 0.15) is 18.9 Å². The third-order valence-electron chi connectivity index (χ3n) is 3.68. The second-order valence-corrected chi connectivity index (χ2v) is 5.43. The summed E-state index contributed by atoms with van der Waals surface area (Å²) in [5.41, 5.74) is 5.24. The van der Waals surface area contributed by atoms with Crippen molar-refractivity contribution in [3.63, 3.8) is 0 Å². The van der Waals surface area contributed by atoms with E-state index in [-0.39, 0.29) is 17.4 Å². The van der Waals surface area contributed by atoms with Crippen LogP contribution in [0.5, 0.6) is 0 Å². The fraction of sp³-hybridized carbons (Fsp3) is 0.571. The Labute approximate surface area is 117 Å². The number of hydrogen-bond acceptors (Lipinski definition) is 3. The maximum absolute atomic E-state index is 13.2. The molecule has 0 radical (unpaired) electrons. The molecule has 20 heavy (non-hydrogen) atoms. The first-order valence-electron chi connectivity index (χ1n) is 6.71. The summed E-state index contributed by atoms with van der Waals surface area (Å²) in [5.74, 6) is 0. The summed E-state index contributed by atoms with van der Waals surface area (Å²) in [7, 11) is 1.99. The zero-order valence-corrected chi connectivity index (χ0v) is 11.7. The number of nitrogen functional groups attached to an aromatic ring is 1. The second-order valence-electron chi connectivity index (χ2n) is 5.43. The average Bonchev–Trinajstić information content (AvgIpc) is 2.49. The monoisotopic (exact) mass is 287 g/mol. The predicted octanol–water partition coefficient (Wildman–Crippen LogP) is 2.82. The van der Waals surface area contributed by atoms with Crippen molar-refractivity contribution in [1.29, 1.82) is 0 Å². The Morgan fingerprint density at radius 1 is 1.25 bits per heavy atom. The molecule has 0 bridgehead atoms. The molecule has 1 unspecified atom stereocenters. The minimum absolute atomic E-state index is 0.0345. The van der Waals surface area contributed by atoms with Gasteiger partial charge in [-0.2, -0.15) is 13.2 Å². The average molecular weight is 287 g/mol. The topological polar surface area (TPSA) is 32.5 Å². The molecule has 0 saturated carbocycles. The molecule has 3 nitrogen and oxygen atoms in total. The third kappa shape index (κ3) is 3.17. The number of nitrogens with two attached hydrogens (primary N) is 1. The molecule has 1 atom stereocenters. The summed E-state index contributed by atoms with van der Waals surface area (Å²) in [5, 5.41) is 0. The predicted molar refractivity (Wildman–Crippen MR) is 74.8 cm³/mol. The summed E-state index contributed by atoms with van der Waals surface area (Å²) < 4.78 is 39.6. The van der Waals surface area contributed by atoms with E-state index in [0.29, 0.717) is 6.54 Å². The van der Waals surface area contributed by atoms with Gasteiger partial charge in [0.05, 0.1) is 5.56 Å². The molecule has 1 aliphatic heterocycles. The smallest absolute Gasteiger partial charge is 0.399 e. The molecule has 112 valence electrons. The fourth-order valence-electron chi connectivity index (χ4n) is 2.76. The molecule has 1 aliphatic rings. The Morgan fingerprint density at radius 2 is 1.95 bits per heavy atom. The highest BCUT2D eigenvalue weighted by atomic mass is 19.4. The van der Waals surface area contributed by atoms with Crippen LogP contribution in [0, 0.1) is 0 Å². The van der Waals surface area contributed by atoms with Crippen molar-refractivity contribution in [3.05, 3.63) is 23.8 Å². The lowest BCUT2D eigenvalue weighted by molar-refractivity contribution is -0.137. The molecule has 2 N–H and O–H groups in total. The zero-order valence-electron chi connectivity index (χ0n) is 11.7. The van der Waals surface area contributed by atoms with Crippen molar-refractivity contribution in [1.82, 2.24) is 4.90 Å². The van der Waals surface area contributed by atoms with E-state index in [2.05, 4.69) is 4.90 Å². The Bertz CT molecular complexity index is 473. The van der Waals surface area contributed by atoms with Crippen LogP contribution in [0.3, 0.4) is 0 Å². The van der Waals surface area contributed by atoms with Gasteiger partial charge in [-0.15, -0.1) is 0 Å². The number of hydrogen-bond donors (Lipinski definition) is 1. The minimum atomic E-state index is -4.39. The molecule has 1 aromatic rings. The molecule has 1 saturated heterocycles. The van der Waals surface area contributed by atoms with Crippen LogP contribution >= 0.6 is 0 Å². The maximum atomic E-state index is 13.2. The van der Waals surface area contributed by atoms with Crippen molar-refractivity contribution in [2.24, 2.45) is 0 Å². The standard InChI is InChI=1S/C14H20F3N3/c1-10-9-19(2)6-3-7-20(10)13-5-4-11(18)8-12(13)14(15,16)17/h4-5,8,10H,3,6-7,9,18H2,1-2H3. The first kappa shape index (κ1) is 15.0. The van der Waals surface area contributed by atoms with E-state index in [1.807, 2.05) is 18.9 Å². The summed E-state index contributed by atoms with van der Waals surface area (Å²) in [6.45, 7) is 4.23. The van der Waals surface area contributed by atoms with Crippen molar-refractivity contribution >= 4 is 11.4 Å². The lowest BCUT2D eigenvalue weighted by atomic mass is 10.1. The van der Waals surface area contributed by atoms with Gasteiger partial charge in [-0.1, -0.05) is 0 Å². The van der Waals surface area contributed by atoms with E-state index in [1.54, 1.807) is 0 Å². The molecule has 2 rings (SSSR count). The lowest BCUT2D eigenvalue weighted by Gasteiger charge is -2.32. The van der Waals surface area contributed by atoms with E-state index in [1.165, 1.54) is 12.1 Å². The lowest BCUT2D eigenvalue weighted by Crippen LogP contribution is -2.39. The van der Waals surface area contributed by atoms with E-state index >= 15 is 0 Å². The van der Waals surface area contributed by atoms with Crippen molar-refractivity contribution in [2.45, 2.75) is 25.6 Å². The van der Waals surface area contributed by atoms with Gasteiger partial charge in [0.25, 0.3) is 0 Å². The molecule has 1 aromatic carbocycles. The van der Waals surface area contributed by atoms with Crippen LogP contribution in [0.25, 0.3) is 0 Å². The number of alkyl halides is 3. The van der Waals surface area contributed by atoms with Gasteiger partial charge in [0, 0.05) is 30.5 Å². The first-order chi connectivity index (χ1) is 9.29. The van der Waals surface area contributed by atoms with Crippen molar-refractivity contribution in [2.75, 3.05) is 37.3 Å². The molecular weight excluding hydrogens is 267 g/mol. The van der Waals surface area contributed by atoms with Gasteiger partial charge in [0.15, 0.2) is 0 Å². The largest absolute Gasteiger partial charge is 0.418 e. The van der Waals surface area contributed by atoms with Crippen LogP contribution in [0.4, 0.5) is 24.5 Å². The van der Waals surface area contributed by atoms with Gasteiger partial charge in [0.1, 0.15) is 0 Å². The number of benzene rings is 1. The van der Waals surface area contributed by atoms with Crippen molar-refractivity contribution in [3.8, 4) is 0 Å². The van der Waals surface area contributed by atoms with Gasteiger partial charge in [0.2, 0.25) is 0 Å². The molecule has 0 aliphatic carbocycles. The minimum Gasteiger partial charge on any atom is -0.399 e. The molecule has 0 spiro atoms. The molecule has 1 fully saturated rings. The third-order valence-corrected chi connectivity index (χ3v) is 3.68. The Kier molecular flexibility index (Phi) is 4.13.